The molecular weight excluding hydrogens is 454 g/mol. The van der Waals surface area contributed by atoms with Gasteiger partial charge in [0.05, 0.1) is 18.2 Å². The summed E-state index contributed by atoms with van der Waals surface area (Å²) in [5.74, 6) is -0.716. The maximum absolute atomic E-state index is 13.3. The minimum atomic E-state index is -0.680. The highest BCUT2D eigenvalue weighted by molar-refractivity contribution is 6.46. The summed E-state index contributed by atoms with van der Waals surface area (Å²) >= 11 is 0. The van der Waals surface area contributed by atoms with Crippen molar-refractivity contribution in [1.29, 1.82) is 0 Å². The molecule has 0 saturated carbocycles. The Morgan fingerprint density at radius 2 is 1.78 bits per heavy atom. The van der Waals surface area contributed by atoms with E-state index in [1.165, 1.54) is 0 Å². The van der Waals surface area contributed by atoms with Crippen LogP contribution in [0.15, 0.2) is 60.3 Å². The van der Waals surface area contributed by atoms with E-state index in [0.29, 0.717) is 31.0 Å². The monoisotopic (exact) mass is 489 g/mol. The van der Waals surface area contributed by atoms with Gasteiger partial charge >= 0.3 is 0 Å². The molecule has 190 valence electrons. The van der Waals surface area contributed by atoms with Gasteiger partial charge in [0.2, 0.25) is 0 Å². The second-order valence-corrected chi connectivity index (χ2v) is 9.59. The fraction of sp³-hybridized carbons (Fsp3) is 0.379. The van der Waals surface area contributed by atoms with Gasteiger partial charge in [-0.05, 0) is 50.8 Å². The molecule has 0 radical (unpaired) electrons. The number of aromatic nitrogens is 1. The van der Waals surface area contributed by atoms with E-state index in [4.69, 9.17) is 4.74 Å². The van der Waals surface area contributed by atoms with E-state index in [0.717, 1.165) is 35.7 Å². The van der Waals surface area contributed by atoms with Gasteiger partial charge in [0, 0.05) is 48.4 Å². The van der Waals surface area contributed by atoms with Gasteiger partial charge in [-0.1, -0.05) is 38.0 Å². The Labute approximate surface area is 212 Å². The molecule has 1 aliphatic rings. The predicted molar refractivity (Wildman–Crippen MR) is 142 cm³/mol. The van der Waals surface area contributed by atoms with Gasteiger partial charge in [-0.2, -0.15) is 0 Å². The number of Topliss-reactive ketones (excluding diaryl/α,β-unsaturated/α-hetero) is 1. The number of benzene rings is 2. The lowest BCUT2D eigenvalue weighted by atomic mass is 9.95. The average molecular weight is 490 g/mol. The maximum Gasteiger partial charge on any atom is 0.295 e. The molecule has 0 bridgehead atoms. The molecule has 1 saturated heterocycles. The first kappa shape index (κ1) is 25.5. The number of ether oxygens (including phenoxy) is 1. The number of hydrogen-bond donors (Lipinski definition) is 1. The highest BCUT2D eigenvalue weighted by atomic mass is 16.5. The summed E-state index contributed by atoms with van der Waals surface area (Å²) in [6.45, 7) is 3.75. The SMILES string of the molecule is CCCCCOc1ccc(/C(O)=C2\C(=O)C(=O)N(CCN(C)C)C2c2cn(C)c3ccccc23)cc1. The third-order valence-electron chi connectivity index (χ3n) is 6.69. The van der Waals surface area contributed by atoms with Crippen LogP contribution >= 0.6 is 0 Å². The lowest BCUT2D eigenvalue weighted by molar-refractivity contribution is -0.140. The number of carbonyl (C=O) groups is 2. The number of likely N-dealkylation sites (N-methyl/N-ethyl adjacent to an activating group) is 1. The fourth-order valence-electron chi connectivity index (χ4n) is 4.74. The minimum absolute atomic E-state index is 0.117. The number of hydrogen-bond acceptors (Lipinski definition) is 5. The first-order valence-electron chi connectivity index (χ1n) is 12.5. The summed E-state index contributed by atoms with van der Waals surface area (Å²) in [4.78, 5) is 30.1. The summed E-state index contributed by atoms with van der Waals surface area (Å²) in [5, 5.41) is 12.3. The van der Waals surface area contributed by atoms with E-state index in [-0.39, 0.29) is 11.3 Å². The number of para-hydroxylation sites is 1. The summed E-state index contributed by atoms with van der Waals surface area (Å²) in [7, 11) is 5.79. The van der Waals surface area contributed by atoms with Crippen LogP contribution in [0.2, 0.25) is 0 Å². The van der Waals surface area contributed by atoms with E-state index in [1.54, 1.807) is 29.2 Å². The smallest absolute Gasteiger partial charge is 0.295 e. The lowest BCUT2D eigenvalue weighted by Gasteiger charge is -2.26. The number of carbonyl (C=O) groups excluding carboxylic acids is 2. The Kier molecular flexibility index (Phi) is 7.79. The quantitative estimate of drug-likeness (QED) is 0.193. The van der Waals surface area contributed by atoms with E-state index >= 15 is 0 Å². The van der Waals surface area contributed by atoms with Crippen molar-refractivity contribution in [3.63, 3.8) is 0 Å². The van der Waals surface area contributed by atoms with Crippen molar-refractivity contribution >= 4 is 28.4 Å². The molecule has 1 aromatic heterocycles. The number of amides is 1. The number of fused-ring (bicyclic) bond motifs is 1. The van der Waals surface area contributed by atoms with Crippen LogP contribution in [0.3, 0.4) is 0 Å². The third kappa shape index (κ3) is 5.02. The topological polar surface area (TPSA) is 75.0 Å². The van der Waals surface area contributed by atoms with Crippen molar-refractivity contribution < 1.29 is 19.4 Å². The largest absolute Gasteiger partial charge is 0.507 e. The molecule has 36 heavy (non-hydrogen) atoms. The van der Waals surface area contributed by atoms with E-state index in [2.05, 4.69) is 6.92 Å². The van der Waals surface area contributed by atoms with Gasteiger partial charge in [-0.3, -0.25) is 9.59 Å². The molecular formula is C29H35N3O4. The summed E-state index contributed by atoms with van der Waals surface area (Å²) < 4.78 is 7.77. The van der Waals surface area contributed by atoms with Crippen molar-refractivity contribution in [3.8, 4) is 5.75 Å². The second-order valence-electron chi connectivity index (χ2n) is 9.59. The standard InChI is InChI=1S/C29H35N3O4/c1-5-6-9-18-36-21-14-12-20(13-15-21)27(33)25-26(32(17-16-30(2)3)29(35)28(25)34)23-19-31(4)24-11-8-7-10-22(23)24/h7-8,10-15,19,26,33H,5-6,9,16-18H2,1-4H3/b27-25+. The minimum Gasteiger partial charge on any atom is -0.507 e. The Morgan fingerprint density at radius 3 is 2.47 bits per heavy atom. The van der Waals surface area contributed by atoms with Crippen LogP contribution in [-0.2, 0) is 16.6 Å². The fourth-order valence-corrected chi connectivity index (χ4v) is 4.74. The molecule has 4 rings (SSSR count). The first-order chi connectivity index (χ1) is 17.3. The van der Waals surface area contributed by atoms with Crippen LogP contribution in [-0.4, -0.2) is 65.0 Å². The Balaban J connectivity index is 1.76. The van der Waals surface area contributed by atoms with Crippen molar-refractivity contribution in [3.05, 3.63) is 71.4 Å². The molecule has 3 aromatic rings. The number of ketones is 1. The lowest BCUT2D eigenvalue weighted by Crippen LogP contribution is -2.35. The molecule has 7 nitrogen and oxygen atoms in total. The maximum atomic E-state index is 13.3. The number of aryl methyl sites for hydroxylation is 1. The molecule has 2 aromatic carbocycles. The van der Waals surface area contributed by atoms with Crippen LogP contribution < -0.4 is 4.74 Å². The van der Waals surface area contributed by atoms with Crippen LogP contribution in [0.25, 0.3) is 16.7 Å². The molecule has 1 atom stereocenters. The Hall–Kier alpha value is -3.58. The van der Waals surface area contributed by atoms with Gasteiger partial charge in [-0.15, -0.1) is 0 Å². The van der Waals surface area contributed by atoms with Gasteiger partial charge in [0.15, 0.2) is 0 Å². The van der Waals surface area contributed by atoms with Gasteiger partial charge < -0.3 is 24.2 Å². The third-order valence-corrected chi connectivity index (χ3v) is 6.69. The summed E-state index contributed by atoms with van der Waals surface area (Å²) in [6.07, 6.45) is 5.17. The molecule has 1 aliphatic heterocycles. The van der Waals surface area contributed by atoms with E-state index < -0.39 is 17.7 Å². The highest BCUT2D eigenvalue weighted by Gasteiger charge is 2.46. The molecule has 1 unspecified atom stereocenters. The predicted octanol–water partition coefficient (Wildman–Crippen LogP) is 4.73. The van der Waals surface area contributed by atoms with Crippen LogP contribution in [0.1, 0.15) is 43.4 Å². The van der Waals surface area contributed by atoms with Crippen LogP contribution in [0, 0.1) is 0 Å². The highest BCUT2D eigenvalue weighted by Crippen LogP contribution is 2.42. The van der Waals surface area contributed by atoms with Crippen LogP contribution in [0.4, 0.5) is 0 Å². The molecule has 7 heteroatoms. The summed E-state index contributed by atoms with van der Waals surface area (Å²) in [6, 6.07) is 14.3. The number of aliphatic hydroxyl groups is 1. The first-order valence-corrected chi connectivity index (χ1v) is 12.5. The Bertz CT molecular complexity index is 1270. The Morgan fingerprint density at radius 1 is 1.06 bits per heavy atom. The van der Waals surface area contributed by atoms with Crippen molar-refractivity contribution in [2.45, 2.75) is 32.2 Å². The molecule has 0 aliphatic carbocycles. The number of nitrogens with zero attached hydrogens (tertiary/aromatic N) is 3. The van der Waals surface area contributed by atoms with Crippen LogP contribution in [0.5, 0.6) is 5.75 Å². The number of aliphatic hydroxyl groups excluding tert-OH is 1. The normalized spacial score (nSPS) is 17.5. The van der Waals surface area contributed by atoms with Crippen molar-refractivity contribution in [1.82, 2.24) is 14.4 Å². The average Bonchev–Trinajstić information content (AvgIpc) is 3.33. The molecule has 0 spiro atoms. The number of likely N-dealkylation sites (tertiary alicyclic amines) is 1. The number of unbranched alkanes of at least 4 members (excludes halogenated alkanes) is 2. The zero-order valence-corrected chi connectivity index (χ0v) is 21.5. The summed E-state index contributed by atoms with van der Waals surface area (Å²) in [5.41, 5.74) is 2.41. The van der Waals surface area contributed by atoms with E-state index in [9.17, 15) is 14.7 Å². The molecule has 2 heterocycles. The second kappa shape index (κ2) is 11.0. The van der Waals surface area contributed by atoms with Gasteiger partial charge in [-0.25, -0.2) is 0 Å². The van der Waals surface area contributed by atoms with Crippen molar-refractivity contribution in [2.24, 2.45) is 7.05 Å². The van der Waals surface area contributed by atoms with E-state index in [1.807, 2.05) is 61.1 Å². The number of rotatable bonds is 10. The molecule has 1 amide bonds. The van der Waals surface area contributed by atoms with Gasteiger partial charge in [0.25, 0.3) is 11.7 Å². The molecule has 1 fully saturated rings. The van der Waals surface area contributed by atoms with Gasteiger partial charge in [0.1, 0.15) is 11.5 Å². The van der Waals surface area contributed by atoms with Crippen molar-refractivity contribution in [2.75, 3.05) is 33.8 Å². The zero-order chi connectivity index (χ0) is 25.8. The zero-order valence-electron chi connectivity index (χ0n) is 21.5. The molecule has 1 N–H and O–H groups in total.